The Balaban J connectivity index is 2.35. The molecule has 0 aromatic carbocycles. The van der Waals surface area contributed by atoms with Gasteiger partial charge in [-0.25, -0.2) is 4.98 Å². The Bertz CT molecular complexity index is 565. The number of rotatable bonds is 4. The molecule has 21 heavy (non-hydrogen) atoms. The number of aromatic nitrogens is 2. The predicted octanol–water partition coefficient (Wildman–Crippen LogP) is 1.08. The molecule has 9 heteroatoms. The minimum absolute atomic E-state index is 0.0995. The zero-order valence-corrected chi connectivity index (χ0v) is 11.7. The summed E-state index contributed by atoms with van der Waals surface area (Å²) in [6, 6.07) is -0.168. The van der Waals surface area contributed by atoms with E-state index in [1.54, 1.807) is 4.90 Å². The van der Waals surface area contributed by atoms with Gasteiger partial charge in [0.15, 0.2) is 0 Å². The fraction of sp³-hybridized carbons (Fsp3) is 0.583. The Hall–Kier alpha value is -2.45. The largest absolute Gasteiger partial charge is 0.481 e. The molecule has 1 aromatic heterocycles. The molecule has 1 aromatic rings. The van der Waals surface area contributed by atoms with Gasteiger partial charge < -0.3 is 14.7 Å². The Morgan fingerprint density at radius 3 is 2.81 bits per heavy atom. The van der Waals surface area contributed by atoms with Gasteiger partial charge in [-0.3, -0.25) is 14.9 Å². The molecule has 0 aliphatic carbocycles. The van der Waals surface area contributed by atoms with Crippen LogP contribution < -0.4 is 9.64 Å². The summed E-state index contributed by atoms with van der Waals surface area (Å²) in [6.07, 6.45) is 2.04. The van der Waals surface area contributed by atoms with E-state index in [2.05, 4.69) is 9.97 Å². The van der Waals surface area contributed by atoms with Gasteiger partial charge >= 0.3 is 11.7 Å². The highest BCUT2D eigenvalue weighted by molar-refractivity contribution is 5.71. The van der Waals surface area contributed by atoms with Gasteiger partial charge in [0.05, 0.1) is 18.0 Å². The summed E-state index contributed by atoms with van der Waals surface area (Å²) in [5.41, 5.74) is -0.291. The highest BCUT2D eigenvalue weighted by Crippen LogP contribution is 2.37. The zero-order chi connectivity index (χ0) is 15.6. The van der Waals surface area contributed by atoms with E-state index in [4.69, 9.17) is 9.84 Å². The van der Waals surface area contributed by atoms with Crippen LogP contribution in [0.5, 0.6) is 5.88 Å². The maximum Gasteiger partial charge on any atom is 0.372 e. The lowest BCUT2D eigenvalue weighted by molar-refractivity contribution is -0.385. The van der Waals surface area contributed by atoms with Gasteiger partial charge in [0.25, 0.3) is 5.88 Å². The van der Waals surface area contributed by atoms with Crippen molar-refractivity contribution in [2.24, 2.45) is 5.92 Å². The van der Waals surface area contributed by atoms with Crippen LogP contribution in [0.2, 0.25) is 0 Å². The zero-order valence-electron chi connectivity index (χ0n) is 11.7. The number of hydrogen-bond donors (Lipinski definition) is 1. The number of aliphatic carboxylic acids is 1. The molecule has 0 amide bonds. The molecule has 1 N–H and O–H groups in total. The third kappa shape index (κ3) is 2.86. The molecule has 1 aliphatic heterocycles. The lowest BCUT2D eigenvalue weighted by atomic mass is 9.91. The van der Waals surface area contributed by atoms with E-state index in [-0.39, 0.29) is 23.4 Å². The summed E-state index contributed by atoms with van der Waals surface area (Å²) in [4.78, 5) is 31.2. The van der Waals surface area contributed by atoms with Gasteiger partial charge in [-0.05, 0) is 19.8 Å². The van der Waals surface area contributed by atoms with Crippen LogP contribution in [0.1, 0.15) is 19.8 Å². The standard InChI is InChI=1S/C12H16N4O5/c1-7-5-8(12(17)18)3-4-15(7)10-9(16(19)20)11(21-2)14-6-13-10/h6-8H,3-5H2,1-2H3,(H,17,18). The second-order valence-electron chi connectivity index (χ2n) is 4.91. The summed E-state index contributed by atoms with van der Waals surface area (Å²) in [7, 11) is 1.30. The van der Waals surface area contributed by atoms with E-state index >= 15 is 0 Å². The molecule has 1 aliphatic rings. The molecule has 2 unspecified atom stereocenters. The number of methoxy groups -OCH3 is 1. The van der Waals surface area contributed by atoms with Crippen LogP contribution >= 0.6 is 0 Å². The third-order valence-corrected chi connectivity index (χ3v) is 3.64. The number of carboxylic acid groups (broad SMARTS) is 1. The molecule has 9 nitrogen and oxygen atoms in total. The maximum absolute atomic E-state index is 11.2. The van der Waals surface area contributed by atoms with E-state index in [1.807, 2.05) is 6.92 Å². The van der Waals surface area contributed by atoms with Gasteiger partial charge in [-0.1, -0.05) is 0 Å². The minimum Gasteiger partial charge on any atom is -0.481 e. The molecule has 0 saturated carbocycles. The van der Waals surface area contributed by atoms with Gasteiger partial charge in [-0.15, -0.1) is 0 Å². The average Bonchev–Trinajstić information content (AvgIpc) is 2.46. The molecular weight excluding hydrogens is 280 g/mol. The van der Waals surface area contributed by atoms with Crippen molar-refractivity contribution in [3.63, 3.8) is 0 Å². The van der Waals surface area contributed by atoms with Crippen LogP contribution in [-0.2, 0) is 4.79 Å². The average molecular weight is 296 g/mol. The molecule has 2 rings (SSSR count). The second-order valence-corrected chi connectivity index (χ2v) is 4.91. The van der Waals surface area contributed by atoms with Crippen LogP contribution in [0.15, 0.2) is 6.33 Å². The first kappa shape index (κ1) is 14.9. The third-order valence-electron chi connectivity index (χ3n) is 3.64. The smallest absolute Gasteiger partial charge is 0.372 e. The SMILES string of the molecule is COc1ncnc(N2CCC(C(=O)O)CC2C)c1[N+](=O)[O-]. The number of hydrogen-bond acceptors (Lipinski definition) is 7. The molecule has 1 saturated heterocycles. The van der Waals surface area contributed by atoms with Crippen molar-refractivity contribution in [2.45, 2.75) is 25.8 Å². The van der Waals surface area contributed by atoms with Crippen LogP contribution in [0.25, 0.3) is 0 Å². The number of ether oxygens (including phenoxy) is 1. The van der Waals surface area contributed by atoms with Gasteiger partial charge in [0.2, 0.25) is 5.82 Å². The van der Waals surface area contributed by atoms with Crippen LogP contribution in [0.3, 0.4) is 0 Å². The summed E-state index contributed by atoms with van der Waals surface area (Å²) >= 11 is 0. The molecular formula is C12H16N4O5. The first-order chi connectivity index (χ1) is 9.95. The Morgan fingerprint density at radius 1 is 1.57 bits per heavy atom. The van der Waals surface area contributed by atoms with Crippen LogP contribution in [0.4, 0.5) is 11.5 Å². The number of anilines is 1. The quantitative estimate of drug-likeness (QED) is 0.647. The molecule has 0 spiro atoms. The maximum atomic E-state index is 11.2. The van der Waals surface area contributed by atoms with E-state index < -0.39 is 16.8 Å². The molecule has 114 valence electrons. The van der Waals surface area contributed by atoms with Crippen molar-refractivity contribution in [1.29, 1.82) is 0 Å². The molecule has 0 bridgehead atoms. The van der Waals surface area contributed by atoms with E-state index in [0.717, 1.165) is 0 Å². The highest BCUT2D eigenvalue weighted by Gasteiger charge is 2.35. The van der Waals surface area contributed by atoms with Crippen LogP contribution in [0, 0.1) is 16.0 Å². The number of carboxylic acids is 1. The van der Waals surface area contributed by atoms with Crippen LogP contribution in [-0.4, -0.2) is 45.7 Å². The molecule has 1 fully saturated rings. The van der Waals surface area contributed by atoms with Crippen molar-refractivity contribution in [1.82, 2.24) is 9.97 Å². The van der Waals surface area contributed by atoms with E-state index in [1.165, 1.54) is 13.4 Å². The van der Waals surface area contributed by atoms with Crippen molar-refractivity contribution < 1.29 is 19.6 Å². The first-order valence-electron chi connectivity index (χ1n) is 6.48. The topological polar surface area (TPSA) is 119 Å². The molecule has 2 heterocycles. The molecule has 2 atom stereocenters. The second kappa shape index (κ2) is 5.90. The number of nitrogens with zero attached hydrogens (tertiary/aromatic N) is 4. The Morgan fingerprint density at radius 2 is 2.29 bits per heavy atom. The van der Waals surface area contributed by atoms with Gasteiger partial charge in [-0.2, -0.15) is 4.98 Å². The fourth-order valence-corrected chi connectivity index (χ4v) is 2.58. The summed E-state index contributed by atoms with van der Waals surface area (Å²) < 4.78 is 4.92. The van der Waals surface area contributed by atoms with Crippen molar-refractivity contribution in [2.75, 3.05) is 18.6 Å². The van der Waals surface area contributed by atoms with Gasteiger partial charge in [0.1, 0.15) is 6.33 Å². The summed E-state index contributed by atoms with van der Waals surface area (Å²) in [6.45, 7) is 2.21. The van der Waals surface area contributed by atoms with Gasteiger partial charge in [0, 0.05) is 12.6 Å². The van der Waals surface area contributed by atoms with Crippen molar-refractivity contribution in [3.05, 3.63) is 16.4 Å². The first-order valence-corrected chi connectivity index (χ1v) is 6.48. The Labute approximate surface area is 120 Å². The highest BCUT2D eigenvalue weighted by atomic mass is 16.6. The number of carbonyl (C=O) groups is 1. The normalized spacial score (nSPS) is 21.9. The predicted molar refractivity (Wildman–Crippen MR) is 72.4 cm³/mol. The lowest BCUT2D eigenvalue weighted by Gasteiger charge is -2.36. The summed E-state index contributed by atoms with van der Waals surface area (Å²) in [5, 5.41) is 20.3. The van der Waals surface area contributed by atoms with Crippen molar-refractivity contribution >= 4 is 17.5 Å². The minimum atomic E-state index is -0.837. The monoisotopic (exact) mass is 296 g/mol. The lowest BCUT2D eigenvalue weighted by Crippen LogP contribution is -2.43. The fourth-order valence-electron chi connectivity index (χ4n) is 2.58. The molecule has 0 radical (unpaired) electrons. The Kier molecular flexibility index (Phi) is 4.20. The summed E-state index contributed by atoms with van der Waals surface area (Å²) in [5.74, 6) is -1.20. The number of nitro groups is 1. The van der Waals surface area contributed by atoms with E-state index in [9.17, 15) is 14.9 Å². The van der Waals surface area contributed by atoms with E-state index in [0.29, 0.717) is 19.4 Å². The number of piperidine rings is 1. The van der Waals surface area contributed by atoms with Crippen molar-refractivity contribution in [3.8, 4) is 5.88 Å².